The van der Waals surface area contributed by atoms with Crippen molar-refractivity contribution in [2.75, 3.05) is 29.8 Å². The zero-order chi connectivity index (χ0) is 22.2. The largest absolute Gasteiger partial charge is 0.370 e. The summed E-state index contributed by atoms with van der Waals surface area (Å²) in [4.78, 5) is 12.5. The van der Waals surface area contributed by atoms with Gasteiger partial charge in [0.1, 0.15) is 10.7 Å². The fourth-order valence-electron chi connectivity index (χ4n) is 3.86. The molecule has 3 aromatic rings. The molecule has 4 rings (SSSR count). The summed E-state index contributed by atoms with van der Waals surface area (Å²) < 4.78 is 42.4. The van der Waals surface area contributed by atoms with E-state index < -0.39 is 15.8 Å². The molecule has 1 fully saturated rings. The van der Waals surface area contributed by atoms with Crippen LogP contribution in [0, 0.1) is 19.7 Å². The molecule has 166 valence electrons. The summed E-state index contributed by atoms with van der Waals surface area (Å²) in [6, 6.07) is 2.92. The van der Waals surface area contributed by atoms with E-state index in [1.807, 2.05) is 14.0 Å². The van der Waals surface area contributed by atoms with Gasteiger partial charge in [-0.15, -0.1) is 22.7 Å². The Hall–Kier alpha value is -2.08. The summed E-state index contributed by atoms with van der Waals surface area (Å²) in [5, 5.41) is 4.71. The first kappa shape index (κ1) is 22.1. The van der Waals surface area contributed by atoms with Crippen molar-refractivity contribution in [1.82, 2.24) is 14.9 Å². The smallest absolute Gasteiger partial charge is 0.266 e. The molecule has 1 atom stereocenters. The van der Waals surface area contributed by atoms with Crippen LogP contribution in [0.1, 0.15) is 22.7 Å². The molecule has 3 heterocycles. The maximum Gasteiger partial charge on any atom is 0.266 e. The second kappa shape index (κ2) is 8.81. The SMILES string of the molecule is Cc1nc(CN2CCC(N(C)c3cc(F)c(S(=O)(=O)Nc4cscn4)cc3C)C2)cs1. The standard InChI is InChI=1S/C20H24FN5O2S3/c1-13-6-19(31(27,28)24-20-11-29-12-22-20)17(21)7-18(13)25(3)16-4-5-26(9-16)8-15-10-30-14(2)23-15/h6-7,10-12,16,24H,4-5,8-9H2,1-3H3. The molecule has 0 saturated carbocycles. The number of aryl methyl sites for hydroxylation is 2. The lowest BCUT2D eigenvalue weighted by Crippen LogP contribution is -2.35. The minimum Gasteiger partial charge on any atom is -0.370 e. The maximum absolute atomic E-state index is 14.9. The van der Waals surface area contributed by atoms with E-state index in [9.17, 15) is 12.8 Å². The lowest BCUT2D eigenvalue weighted by Gasteiger charge is -2.29. The summed E-state index contributed by atoms with van der Waals surface area (Å²) in [6.45, 7) is 6.40. The first-order valence-corrected chi connectivity index (χ1v) is 13.1. The molecular weight excluding hydrogens is 457 g/mol. The van der Waals surface area contributed by atoms with Gasteiger partial charge in [-0.2, -0.15) is 0 Å². The third-order valence-corrected chi connectivity index (χ3v) is 8.22. The molecule has 11 heteroatoms. The Morgan fingerprint density at radius 3 is 2.81 bits per heavy atom. The number of anilines is 2. The van der Waals surface area contributed by atoms with Crippen molar-refractivity contribution in [2.45, 2.75) is 37.8 Å². The zero-order valence-electron chi connectivity index (χ0n) is 17.5. The predicted molar refractivity (Wildman–Crippen MR) is 123 cm³/mol. The van der Waals surface area contributed by atoms with Gasteiger partial charge in [0.2, 0.25) is 0 Å². The minimum atomic E-state index is -4.05. The van der Waals surface area contributed by atoms with Crippen molar-refractivity contribution in [2.24, 2.45) is 0 Å². The van der Waals surface area contributed by atoms with E-state index in [2.05, 4.69) is 29.9 Å². The van der Waals surface area contributed by atoms with Crippen molar-refractivity contribution < 1.29 is 12.8 Å². The van der Waals surface area contributed by atoms with Gasteiger partial charge in [0, 0.05) is 49.2 Å². The number of sulfonamides is 1. The van der Waals surface area contributed by atoms with Gasteiger partial charge in [-0.1, -0.05) is 0 Å². The minimum absolute atomic E-state index is 0.185. The lowest BCUT2D eigenvalue weighted by atomic mass is 10.1. The van der Waals surface area contributed by atoms with Crippen LogP contribution in [-0.4, -0.2) is 49.5 Å². The molecule has 1 aliphatic rings. The third kappa shape index (κ3) is 4.89. The van der Waals surface area contributed by atoms with Crippen LogP contribution >= 0.6 is 22.7 Å². The highest BCUT2D eigenvalue weighted by molar-refractivity contribution is 7.92. The molecule has 1 N–H and O–H groups in total. The van der Waals surface area contributed by atoms with Crippen LogP contribution in [0.15, 0.2) is 33.3 Å². The normalized spacial score (nSPS) is 17.2. The van der Waals surface area contributed by atoms with Gasteiger partial charge in [-0.25, -0.2) is 22.8 Å². The van der Waals surface area contributed by atoms with Crippen molar-refractivity contribution in [3.8, 4) is 0 Å². The zero-order valence-corrected chi connectivity index (χ0v) is 20.0. The second-order valence-electron chi connectivity index (χ2n) is 7.69. The molecule has 1 aromatic carbocycles. The van der Waals surface area contributed by atoms with Crippen molar-refractivity contribution >= 4 is 44.2 Å². The monoisotopic (exact) mass is 481 g/mol. The quantitative estimate of drug-likeness (QED) is 0.552. The fraction of sp³-hybridized carbons (Fsp3) is 0.400. The molecule has 1 aliphatic heterocycles. The number of likely N-dealkylation sites (tertiary alicyclic amines) is 1. The third-order valence-electron chi connectivity index (χ3n) is 5.44. The predicted octanol–water partition coefficient (Wildman–Crippen LogP) is 3.87. The van der Waals surface area contributed by atoms with E-state index in [-0.39, 0.29) is 16.8 Å². The Bertz CT molecular complexity index is 1160. The van der Waals surface area contributed by atoms with Gasteiger partial charge in [-0.05, 0) is 38.0 Å². The molecule has 0 amide bonds. The second-order valence-corrected chi connectivity index (χ2v) is 11.1. The van der Waals surface area contributed by atoms with Crippen molar-refractivity contribution in [1.29, 1.82) is 0 Å². The van der Waals surface area contributed by atoms with Gasteiger partial charge >= 0.3 is 0 Å². The highest BCUT2D eigenvalue weighted by atomic mass is 32.2. The van der Waals surface area contributed by atoms with Crippen LogP contribution in [0.2, 0.25) is 0 Å². The summed E-state index contributed by atoms with van der Waals surface area (Å²) in [5.74, 6) is -0.590. The van der Waals surface area contributed by atoms with E-state index in [1.165, 1.54) is 29.0 Å². The lowest BCUT2D eigenvalue weighted by molar-refractivity contribution is 0.322. The van der Waals surface area contributed by atoms with E-state index in [4.69, 9.17) is 0 Å². The Balaban J connectivity index is 1.49. The molecule has 0 aliphatic carbocycles. The first-order chi connectivity index (χ1) is 14.7. The number of likely N-dealkylation sites (N-methyl/N-ethyl adjacent to an activating group) is 1. The molecule has 0 bridgehead atoms. The molecule has 0 spiro atoms. The van der Waals surface area contributed by atoms with E-state index in [0.29, 0.717) is 11.3 Å². The van der Waals surface area contributed by atoms with Crippen LogP contribution in [-0.2, 0) is 16.6 Å². The molecule has 2 aromatic heterocycles. The summed E-state index contributed by atoms with van der Waals surface area (Å²) >= 11 is 2.91. The van der Waals surface area contributed by atoms with Gasteiger partial charge in [0.25, 0.3) is 10.0 Å². The highest BCUT2D eigenvalue weighted by Crippen LogP contribution is 2.30. The number of aromatic nitrogens is 2. The van der Waals surface area contributed by atoms with Gasteiger partial charge in [0.05, 0.1) is 16.2 Å². The van der Waals surface area contributed by atoms with Crippen LogP contribution in [0.4, 0.5) is 15.9 Å². The number of nitrogens with zero attached hydrogens (tertiary/aromatic N) is 4. The number of nitrogens with one attached hydrogen (secondary N) is 1. The maximum atomic E-state index is 14.9. The Labute approximate surface area is 189 Å². The van der Waals surface area contributed by atoms with Gasteiger partial charge in [0.15, 0.2) is 5.82 Å². The molecule has 1 saturated heterocycles. The van der Waals surface area contributed by atoms with Crippen molar-refractivity contribution in [3.63, 3.8) is 0 Å². The molecule has 1 unspecified atom stereocenters. The van der Waals surface area contributed by atoms with Crippen LogP contribution in [0.3, 0.4) is 0 Å². The molecule has 7 nitrogen and oxygen atoms in total. The van der Waals surface area contributed by atoms with Crippen LogP contribution in [0.25, 0.3) is 0 Å². The highest BCUT2D eigenvalue weighted by Gasteiger charge is 2.29. The first-order valence-electron chi connectivity index (χ1n) is 9.80. The number of benzene rings is 1. The molecule has 0 radical (unpaired) electrons. The summed E-state index contributed by atoms with van der Waals surface area (Å²) in [7, 11) is -2.12. The topological polar surface area (TPSA) is 78.4 Å². The Morgan fingerprint density at radius 2 is 2.13 bits per heavy atom. The average Bonchev–Trinajstić information content (AvgIpc) is 3.46. The average molecular weight is 482 g/mol. The van der Waals surface area contributed by atoms with E-state index in [1.54, 1.807) is 23.6 Å². The number of halogens is 1. The van der Waals surface area contributed by atoms with Gasteiger partial charge < -0.3 is 4.90 Å². The van der Waals surface area contributed by atoms with Crippen LogP contribution < -0.4 is 9.62 Å². The number of hydrogen-bond donors (Lipinski definition) is 1. The number of rotatable bonds is 7. The van der Waals surface area contributed by atoms with Gasteiger partial charge in [-0.3, -0.25) is 9.62 Å². The van der Waals surface area contributed by atoms with E-state index in [0.717, 1.165) is 36.8 Å². The van der Waals surface area contributed by atoms with Crippen LogP contribution in [0.5, 0.6) is 0 Å². The summed E-state index contributed by atoms with van der Waals surface area (Å²) in [6.07, 6.45) is 0.951. The summed E-state index contributed by atoms with van der Waals surface area (Å²) in [5.41, 5.74) is 3.99. The number of hydrogen-bond acceptors (Lipinski definition) is 8. The fourth-order valence-corrected chi connectivity index (χ4v) is 6.17. The number of thiazole rings is 2. The molecular formula is C20H24FN5O2S3. The van der Waals surface area contributed by atoms with Crippen molar-refractivity contribution in [3.05, 3.63) is 50.5 Å². The Kier molecular flexibility index (Phi) is 6.29. The Morgan fingerprint density at radius 1 is 1.32 bits per heavy atom. The molecule has 31 heavy (non-hydrogen) atoms. The van der Waals surface area contributed by atoms with E-state index >= 15 is 0 Å².